The molecule has 0 spiro atoms. The summed E-state index contributed by atoms with van der Waals surface area (Å²) in [5.74, 6) is 0. The Labute approximate surface area is 110 Å². The molecule has 1 aliphatic rings. The molecule has 4 nitrogen and oxygen atoms in total. The first-order chi connectivity index (χ1) is 8.86. The second kappa shape index (κ2) is 10.00. The molecule has 18 heavy (non-hydrogen) atoms. The van der Waals surface area contributed by atoms with Gasteiger partial charge in [0.05, 0.1) is 0 Å². The summed E-state index contributed by atoms with van der Waals surface area (Å²) >= 11 is 0. The van der Waals surface area contributed by atoms with Gasteiger partial charge in [-0.05, 0) is 44.6 Å². The van der Waals surface area contributed by atoms with E-state index >= 15 is 0 Å². The fourth-order valence-electron chi connectivity index (χ4n) is 2.06. The maximum Gasteiger partial charge on any atom is 0.0416 e. The minimum atomic E-state index is 0.678. The van der Waals surface area contributed by atoms with Crippen LogP contribution in [-0.4, -0.2) is 42.6 Å². The van der Waals surface area contributed by atoms with Crippen LogP contribution < -0.4 is 11.5 Å². The predicted molar refractivity (Wildman–Crippen MR) is 76.3 cm³/mol. The van der Waals surface area contributed by atoms with Crippen LogP contribution in [0.2, 0.25) is 0 Å². The lowest BCUT2D eigenvalue weighted by atomic mass is 10.1. The summed E-state index contributed by atoms with van der Waals surface area (Å²) in [6.45, 7) is 5.14. The molecule has 0 amide bonds. The lowest BCUT2D eigenvalue weighted by Crippen LogP contribution is -2.33. The van der Waals surface area contributed by atoms with E-state index in [1.54, 1.807) is 6.20 Å². The standard InChI is InChI=1S/C7H10N2.C7H16N2/c8-5-4-7-3-1-2-6-9-7;8-4-7-9-5-2-1-3-6-9/h1-3,6H,4-5,8H2;1-8H2. The van der Waals surface area contributed by atoms with E-state index in [2.05, 4.69) is 9.88 Å². The number of likely N-dealkylation sites (tertiary alicyclic amines) is 1. The van der Waals surface area contributed by atoms with Crippen molar-refractivity contribution in [2.45, 2.75) is 25.7 Å². The highest BCUT2D eigenvalue weighted by Gasteiger charge is 2.07. The van der Waals surface area contributed by atoms with Crippen LogP contribution in [0, 0.1) is 0 Å². The first-order valence-electron chi connectivity index (χ1n) is 6.89. The van der Waals surface area contributed by atoms with E-state index in [4.69, 9.17) is 11.5 Å². The molecule has 1 aliphatic heterocycles. The van der Waals surface area contributed by atoms with Crippen molar-refractivity contribution in [3.05, 3.63) is 30.1 Å². The van der Waals surface area contributed by atoms with Crippen molar-refractivity contribution in [1.29, 1.82) is 0 Å². The van der Waals surface area contributed by atoms with E-state index in [1.165, 1.54) is 32.4 Å². The molecule has 1 aromatic rings. The summed E-state index contributed by atoms with van der Waals surface area (Å²) in [6.07, 6.45) is 6.83. The van der Waals surface area contributed by atoms with E-state index in [-0.39, 0.29) is 0 Å². The summed E-state index contributed by atoms with van der Waals surface area (Å²) in [4.78, 5) is 6.54. The number of hydrogen-bond donors (Lipinski definition) is 2. The normalized spacial score (nSPS) is 15.9. The van der Waals surface area contributed by atoms with Crippen molar-refractivity contribution in [3.8, 4) is 0 Å². The van der Waals surface area contributed by atoms with Gasteiger partial charge in [0.1, 0.15) is 0 Å². The SMILES string of the molecule is NCCN1CCCCC1.NCCc1ccccn1. The Morgan fingerprint density at radius 3 is 2.39 bits per heavy atom. The molecule has 102 valence electrons. The number of pyridine rings is 1. The maximum atomic E-state index is 5.42. The maximum absolute atomic E-state index is 5.42. The monoisotopic (exact) mass is 250 g/mol. The van der Waals surface area contributed by atoms with Crippen LogP contribution in [0.5, 0.6) is 0 Å². The van der Waals surface area contributed by atoms with E-state index < -0.39 is 0 Å². The van der Waals surface area contributed by atoms with Crippen LogP contribution in [0.4, 0.5) is 0 Å². The first-order valence-corrected chi connectivity index (χ1v) is 6.89. The summed E-state index contributed by atoms with van der Waals surface area (Å²) < 4.78 is 0. The molecule has 4 heteroatoms. The van der Waals surface area contributed by atoms with Gasteiger partial charge in [-0.15, -0.1) is 0 Å². The lowest BCUT2D eigenvalue weighted by molar-refractivity contribution is 0.235. The Morgan fingerprint density at radius 2 is 1.83 bits per heavy atom. The third-order valence-electron chi connectivity index (χ3n) is 3.02. The molecule has 4 N–H and O–H groups in total. The van der Waals surface area contributed by atoms with Crippen molar-refractivity contribution in [3.63, 3.8) is 0 Å². The van der Waals surface area contributed by atoms with Crippen molar-refractivity contribution < 1.29 is 0 Å². The Bertz CT molecular complexity index is 280. The van der Waals surface area contributed by atoms with Crippen molar-refractivity contribution in [2.24, 2.45) is 11.5 Å². The van der Waals surface area contributed by atoms with Crippen LogP contribution in [0.15, 0.2) is 24.4 Å². The largest absolute Gasteiger partial charge is 0.330 e. The van der Waals surface area contributed by atoms with Crippen LogP contribution in [0.25, 0.3) is 0 Å². The van der Waals surface area contributed by atoms with Gasteiger partial charge in [-0.1, -0.05) is 12.5 Å². The Hall–Kier alpha value is -0.970. The number of hydrogen-bond acceptors (Lipinski definition) is 4. The highest BCUT2D eigenvalue weighted by atomic mass is 15.1. The number of nitrogens with zero attached hydrogens (tertiary/aromatic N) is 2. The smallest absolute Gasteiger partial charge is 0.0416 e. The van der Waals surface area contributed by atoms with Crippen LogP contribution in [-0.2, 0) is 6.42 Å². The molecule has 0 unspecified atom stereocenters. The van der Waals surface area contributed by atoms with Crippen molar-refractivity contribution in [1.82, 2.24) is 9.88 Å². The molecule has 1 saturated heterocycles. The number of rotatable bonds is 4. The quantitative estimate of drug-likeness (QED) is 0.837. The van der Waals surface area contributed by atoms with Crippen molar-refractivity contribution >= 4 is 0 Å². The summed E-state index contributed by atoms with van der Waals surface area (Å²) in [5.41, 5.74) is 11.8. The van der Waals surface area contributed by atoms with Crippen LogP contribution in [0.3, 0.4) is 0 Å². The van der Waals surface area contributed by atoms with Gasteiger partial charge in [0.2, 0.25) is 0 Å². The molecule has 2 rings (SSSR count). The third kappa shape index (κ3) is 6.69. The molecule has 0 bridgehead atoms. The van der Waals surface area contributed by atoms with Gasteiger partial charge in [-0.3, -0.25) is 4.98 Å². The van der Waals surface area contributed by atoms with Crippen molar-refractivity contribution in [2.75, 3.05) is 32.7 Å². The molecule has 0 radical (unpaired) electrons. The zero-order valence-corrected chi connectivity index (χ0v) is 11.2. The van der Waals surface area contributed by atoms with E-state index in [0.717, 1.165) is 25.2 Å². The average Bonchev–Trinajstić information content (AvgIpc) is 2.43. The minimum absolute atomic E-state index is 0.678. The molecular formula is C14H26N4. The first kappa shape index (κ1) is 15.1. The summed E-state index contributed by atoms with van der Waals surface area (Å²) in [5, 5.41) is 0. The Balaban J connectivity index is 0.000000180. The lowest BCUT2D eigenvalue weighted by Gasteiger charge is -2.25. The molecule has 2 heterocycles. The van der Waals surface area contributed by atoms with Crippen LogP contribution in [0.1, 0.15) is 25.0 Å². The molecule has 0 saturated carbocycles. The highest BCUT2D eigenvalue weighted by Crippen LogP contribution is 2.06. The highest BCUT2D eigenvalue weighted by molar-refractivity contribution is 5.03. The minimum Gasteiger partial charge on any atom is -0.330 e. The summed E-state index contributed by atoms with van der Waals surface area (Å²) in [6, 6.07) is 5.85. The average molecular weight is 250 g/mol. The fraction of sp³-hybridized carbons (Fsp3) is 0.643. The molecule has 1 aromatic heterocycles. The molecule has 0 aromatic carbocycles. The Kier molecular flexibility index (Phi) is 8.38. The zero-order valence-electron chi connectivity index (χ0n) is 11.2. The predicted octanol–water partition coefficient (Wildman–Crippen LogP) is 1.01. The van der Waals surface area contributed by atoms with Crippen LogP contribution >= 0.6 is 0 Å². The molecule has 1 fully saturated rings. The molecular weight excluding hydrogens is 224 g/mol. The summed E-state index contributed by atoms with van der Waals surface area (Å²) in [7, 11) is 0. The van der Waals surface area contributed by atoms with E-state index in [1.807, 2.05) is 18.2 Å². The van der Waals surface area contributed by atoms with E-state index in [0.29, 0.717) is 6.54 Å². The van der Waals surface area contributed by atoms with Gasteiger partial charge in [-0.2, -0.15) is 0 Å². The van der Waals surface area contributed by atoms with Gasteiger partial charge in [0.25, 0.3) is 0 Å². The van der Waals surface area contributed by atoms with E-state index in [9.17, 15) is 0 Å². The number of nitrogens with two attached hydrogens (primary N) is 2. The van der Waals surface area contributed by atoms with Gasteiger partial charge in [-0.25, -0.2) is 0 Å². The number of piperidine rings is 1. The van der Waals surface area contributed by atoms with Gasteiger partial charge in [0, 0.05) is 31.4 Å². The van der Waals surface area contributed by atoms with Gasteiger partial charge in [0.15, 0.2) is 0 Å². The van der Waals surface area contributed by atoms with Gasteiger partial charge >= 0.3 is 0 Å². The fourth-order valence-corrected chi connectivity index (χ4v) is 2.06. The Morgan fingerprint density at radius 1 is 1.06 bits per heavy atom. The topological polar surface area (TPSA) is 68.2 Å². The molecule has 0 aliphatic carbocycles. The number of aromatic nitrogens is 1. The third-order valence-corrected chi connectivity index (χ3v) is 3.02. The molecule has 0 atom stereocenters. The second-order valence-electron chi connectivity index (χ2n) is 4.55. The zero-order chi connectivity index (χ0) is 13.1. The second-order valence-corrected chi connectivity index (χ2v) is 4.55. The van der Waals surface area contributed by atoms with Gasteiger partial charge < -0.3 is 16.4 Å².